The first-order valence-corrected chi connectivity index (χ1v) is 7.23. The van der Waals surface area contributed by atoms with E-state index in [1.807, 2.05) is 4.72 Å². The predicted octanol–water partition coefficient (Wildman–Crippen LogP) is 1.50. The number of rotatable bonds is 4. The van der Waals surface area contributed by atoms with Crippen molar-refractivity contribution >= 4 is 39.1 Å². The highest BCUT2D eigenvalue weighted by Gasteiger charge is 2.23. The van der Waals surface area contributed by atoms with Gasteiger partial charge in [0.25, 0.3) is 0 Å². The van der Waals surface area contributed by atoms with Crippen LogP contribution in [0.25, 0.3) is 0 Å². The van der Waals surface area contributed by atoms with Crippen LogP contribution in [0.15, 0.2) is 17.0 Å². The molecule has 1 rings (SSSR count). The van der Waals surface area contributed by atoms with Gasteiger partial charge < -0.3 is 4.90 Å². The van der Waals surface area contributed by atoms with Crippen LogP contribution in [0.4, 0.5) is 4.39 Å². The summed E-state index contributed by atoms with van der Waals surface area (Å²) in [6.07, 6.45) is 0. The van der Waals surface area contributed by atoms with E-state index in [0.717, 1.165) is 12.1 Å². The van der Waals surface area contributed by atoms with Crippen LogP contribution < -0.4 is 4.72 Å². The number of sulfonamides is 1. The fraction of sp³-hybridized carbons (Fsp3) is 0.300. The highest BCUT2D eigenvalue weighted by molar-refractivity contribution is 7.89. The van der Waals surface area contributed by atoms with E-state index >= 15 is 0 Å². The maximum Gasteiger partial charge on any atom is 0.244 e. The van der Waals surface area contributed by atoms with Crippen molar-refractivity contribution in [2.45, 2.75) is 4.90 Å². The molecule has 1 aromatic rings. The fourth-order valence-corrected chi connectivity index (χ4v) is 3.33. The van der Waals surface area contributed by atoms with E-state index in [-0.39, 0.29) is 10.0 Å². The third kappa shape index (κ3) is 4.04. The first-order valence-electron chi connectivity index (χ1n) is 4.99. The van der Waals surface area contributed by atoms with Gasteiger partial charge in [0.05, 0.1) is 16.6 Å². The lowest BCUT2D eigenvalue weighted by molar-refractivity contribution is -0.127. The summed E-state index contributed by atoms with van der Waals surface area (Å²) in [5.74, 6) is -1.20. The molecule has 0 saturated heterocycles. The topological polar surface area (TPSA) is 66.5 Å². The third-order valence-electron chi connectivity index (χ3n) is 2.14. The Kier molecular flexibility index (Phi) is 5.14. The average molecular weight is 329 g/mol. The summed E-state index contributed by atoms with van der Waals surface area (Å²) < 4.78 is 38.9. The molecule has 1 amide bonds. The van der Waals surface area contributed by atoms with Gasteiger partial charge >= 0.3 is 0 Å². The lowest BCUT2D eigenvalue weighted by atomic mass is 10.3. The number of nitrogens with zero attached hydrogens (tertiary/aromatic N) is 1. The molecule has 0 bridgehead atoms. The van der Waals surface area contributed by atoms with Crippen LogP contribution in [0.3, 0.4) is 0 Å². The molecular weight excluding hydrogens is 318 g/mol. The number of carbonyl (C=O) groups excluding carboxylic acids is 1. The summed E-state index contributed by atoms with van der Waals surface area (Å²) >= 11 is 11.3. The third-order valence-corrected chi connectivity index (χ3v) is 4.47. The Labute approximate surface area is 120 Å². The van der Waals surface area contributed by atoms with E-state index in [4.69, 9.17) is 23.2 Å². The van der Waals surface area contributed by atoms with Crippen LogP contribution in [0.1, 0.15) is 0 Å². The van der Waals surface area contributed by atoms with Crippen molar-refractivity contribution in [3.8, 4) is 0 Å². The van der Waals surface area contributed by atoms with E-state index in [1.165, 1.54) is 19.0 Å². The molecule has 0 aliphatic rings. The monoisotopic (exact) mass is 328 g/mol. The number of nitrogens with one attached hydrogen (secondary N) is 1. The lowest BCUT2D eigenvalue weighted by Crippen LogP contribution is -2.36. The molecule has 0 fully saturated rings. The van der Waals surface area contributed by atoms with Crippen molar-refractivity contribution < 1.29 is 17.6 Å². The standard InChI is InChI=1S/C10H11Cl2FN2O3S/c1-15(2)9(16)5-14-19(17,18)10-7(11)3-6(13)4-8(10)12/h3-4,14H,5H2,1-2H3. The quantitative estimate of drug-likeness (QED) is 0.910. The fourth-order valence-electron chi connectivity index (χ4n) is 1.17. The molecule has 0 aromatic heterocycles. The van der Waals surface area contributed by atoms with Crippen molar-refractivity contribution in [2.24, 2.45) is 0 Å². The first kappa shape index (κ1) is 16.2. The Morgan fingerprint density at radius 1 is 1.32 bits per heavy atom. The molecule has 0 aliphatic heterocycles. The van der Waals surface area contributed by atoms with Gasteiger partial charge in [-0.2, -0.15) is 0 Å². The molecule has 0 atom stereocenters. The van der Waals surface area contributed by atoms with E-state index in [2.05, 4.69) is 0 Å². The summed E-state index contributed by atoms with van der Waals surface area (Å²) in [7, 11) is -1.13. The van der Waals surface area contributed by atoms with Gasteiger partial charge in [-0.1, -0.05) is 23.2 Å². The number of hydrogen-bond donors (Lipinski definition) is 1. The molecule has 1 N–H and O–H groups in total. The van der Waals surface area contributed by atoms with Gasteiger partial charge in [-0.25, -0.2) is 17.5 Å². The first-order chi connectivity index (χ1) is 8.65. The Morgan fingerprint density at radius 2 is 1.79 bits per heavy atom. The Bertz CT molecular complexity index is 582. The zero-order valence-corrected chi connectivity index (χ0v) is 12.4. The molecule has 9 heteroatoms. The summed E-state index contributed by atoms with van der Waals surface area (Å²) in [5, 5.41) is -0.704. The molecule has 0 radical (unpaired) electrons. The van der Waals surface area contributed by atoms with Crippen LogP contribution in [0, 0.1) is 5.82 Å². The van der Waals surface area contributed by atoms with Crippen LogP contribution >= 0.6 is 23.2 Å². The highest BCUT2D eigenvalue weighted by Crippen LogP contribution is 2.30. The second-order valence-corrected chi connectivity index (χ2v) is 6.33. The van der Waals surface area contributed by atoms with Crippen molar-refractivity contribution in [2.75, 3.05) is 20.6 Å². The summed E-state index contributed by atoms with van der Waals surface area (Å²) in [4.78, 5) is 12.1. The summed E-state index contributed by atoms with van der Waals surface area (Å²) in [5.41, 5.74) is 0. The van der Waals surface area contributed by atoms with Gasteiger partial charge in [0, 0.05) is 14.1 Å². The Hall–Kier alpha value is -0.890. The largest absolute Gasteiger partial charge is 0.348 e. The van der Waals surface area contributed by atoms with Gasteiger partial charge in [0.1, 0.15) is 10.7 Å². The number of hydrogen-bond acceptors (Lipinski definition) is 3. The van der Waals surface area contributed by atoms with Gasteiger partial charge in [-0.15, -0.1) is 0 Å². The van der Waals surface area contributed by atoms with Crippen molar-refractivity contribution in [3.63, 3.8) is 0 Å². The highest BCUT2D eigenvalue weighted by atomic mass is 35.5. The molecular formula is C10H11Cl2FN2O3S. The van der Waals surface area contributed by atoms with Gasteiger partial charge in [0.2, 0.25) is 15.9 Å². The van der Waals surface area contributed by atoms with Crippen molar-refractivity contribution in [1.29, 1.82) is 0 Å². The number of carbonyl (C=O) groups is 1. The lowest BCUT2D eigenvalue weighted by Gasteiger charge is -2.13. The SMILES string of the molecule is CN(C)C(=O)CNS(=O)(=O)c1c(Cl)cc(F)cc1Cl. The average Bonchev–Trinajstić information content (AvgIpc) is 2.23. The molecule has 19 heavy (non-hydrogen) atoms. The minimum Gasteiger partial charge on any atom is -0.348 e. The molecule has 0 spiro atoms. The predicted molar refractivity (Wildman–Crippen MR) is 70.3 cm³/mol. The maximum atomic E-state index is 13.0. The van der Waals surface area contributed by atoms with Crippen LogP contribution in [-0.4, -0.2) is 39.9 Å². The molecule has 0 saturated carbocycles. The van der Waals surface area contributed by atoms with Gasteiger partial charge in [0.15, 0.2) is 0 Å². The number of likely N-dealkylation sites (N-methyl/N-ethyl adjacent to an activating group) is 1. The van der Waals surface area contributed by atoms with Crippen LogP contribution in [-0.2, 0) is 14.8 Å². The van der Waals surface area contributed by atoms with Crippen molar-refractivity contribution in [3.05, 3.63) is 28.0 Å². The van der Waals surface area contributed by atoms with Crippen LogP contribution in [0.2, 0.25) is 10.0 Å². The number of benzene rings is 1. The zero-order chi connectivity index (χ0) is 14.8. The molecule has 106 valence electrons. The molecule has 0 unspecified atom stereocenters. The van der Waals surface area contributed by atoms with E-state index in [9.17, 15) is 17.6 Å². The molecule has 5 nitrogen and oxygen atoms in total. The molecule has 0 aliphatic carbocycles. The second kappa shape index (κ2) is 6.04. The van der Waals surface area contributed by atoms with Crippen molar-refractivity contribution in [1.82, 2.24) is 9.62 Å². The molecule has 0 heterocycles. The van der Waals surface area contributed by atoms with Crippen LogP contribution in [0.5, 0.6) is 0 Å². The smallest absolute Gasteiger partial charge is 0.244 e. The van der Waals surface area contributed by atoms with E-state index < -0.39 is 33.2 Å². The number of halogens is 3. The summed E-state index contributed by atoms with van der Waals surface area (Å²) in [6.45, 7) is -0.445. The van der Waals surface area contributed by atoms with E-state index in [0.29, 0.717) is 0 Å². The maximum absolute atomic E-state index is 13.0. The zero-order valence-electron chi connectivity index (χ0n) is 10.1. The molecule has 1 aromatic carbocycles. The Balaban J connectivity index is 3.05. The van der Waals surface area contributed by atoms with Gasteiger partial charge in [-0.3, -0.25) is 4.79 Å². The normalized spacial score (nSPS) is 11.4. The number of amides is 1. The summed E-state index contributed by atoms with van der Waals surface area (Å²) in [6, 6.07) is 1.66. The minimum atomic E-state index is -4.10. The second-order valence-electron chi connectivity index (χ2n) is 3.81. The Morgan fingerprint density at radius 3 is 2.21 bits per heavy atom. The minimum absolute atomic E-state index is 0.352. The van der Waals surface area contributed by atoms with Gasteiger partial charge in [-0.05, 0) is 12.1 Å². The van der Waals surface area contributed by atoms with E-state index in [1.54, 1.807) is 0 Å².